The number of aromatic nitrogens is 1. The lowest BCUT2D eigenvalue weighted by Gasteiger charge is -2.11. The molecule has 7 heteroatoms. The van der Waals surface area contributed by atoms with Crippen LogP contribution in [0.5, 0.6) is 0 Å². The summed E-state index contributed by atoms with van der Waals surface area (Å²) in [4.78, 5) is 3.94. The first kappa shape index (κ1) is 14.6. The first-order valence-corrected chi connectivity index (χ1v) is 7.86. The van der Waals surface area contributed by atoms with Crippen molar-refractivity contribution in [3.63, 3.8) is 0 Å². The second-order valence-corrected chi connectivity index (χ2v) is 6.03. The maximum absolute atomic E-state index is 12.3. The number of hydrogen-bond acceptors (Lipinski definition) is 4. The molecule has 0 fully saturated rings. The van der Waals surface area contributed by atoms with Gasteiger partial charge in [0, 0.05) is 23.5 Å². The molecular formula is C13H14ClN3O2S. The van der Waals surface area contributed by atoms with Gasteiger partial charge < -0.3 is 5.32 Å². The maximum Gasteiger partial charge on any atom is 0.281 e. The lowest BCUT2D eigenvalue weighted by Crippen LogP contribution is -2.16. The van der Waals surface area contributed by atoms with Crippen LogP contribution in [0.2, 0.25) is 5.02 Å². The van der Waals surface area contributed by atoms with E-state index in [1.165, 1.54) is 6.20 Å². The van der Waals surface area contributed by atoms with Gasteiger partial charge in [-0.05, 0) is 43.3 Å². The van der Waals surface area contributed by atoms with E-state index in [2.05, 4.69) is 15.0 Å². The highest BCUT2D eigenvalue weighted by molar-refractivity contribution is 7.92. The predicted octanol–water partition coefficient (Wildman–Crippen LogP) is 2.97. The SMILES string of the molecule is CCNc1cccnc1S(=O)(=O)Nc1ccc(Cl)cc1. The molecule has 0 aliphatic heterocycles. The summed E-state index contributed by atoms with van der Waals surface area (Å²) >= 11 is 5.77. The number of benzene rings is 1. The Kier molecular flexibility index (Phi) is 4.46. The predicted molar refractivity (Wildman–Crippen MR) is 80.7 cm³/mol. The van der Waals surface area contributed by atoms with Crippen molar-refractivity contribution in [1.29, 1.82) is 0 Å². The summed E-state index contributed by atoms with van der Waals surface area (Å²) < 4.78 is 27.1. The molecule has 2 aromatic rings. The van der Waals surface area contributed by atoms with Crippen LogP contribution < -0.4 is 10.0 Å². The van der Waals surface area contributed by atoms with Crippen LogP contribution in [0.3, 0.4) is 0 Å². The van der Waals surface area contributed by atoms with E-state index in [0.717, 1.165) is 0 Å². The van der Waals surface area contributed by atoms with Crippen molar-refractivity contribution in [2.45, 2.75) is 11.9 Å². The number of anilines is 2. The van der Waals surface area contributed by atoms with Gasteiger partial charge in [-0.3, -0.25) is 4.72 Å². The number of nitrogens with zero attached hydrogens (tertiary/aromatic N) is 1. The fraction of sp³-hybridized carbons (Fsp3) is 0.154. The number of sulfonamides is 1. The van der Waals surface area contributed by atoms with Crippen molar-refractivity contribution >= 4 is 33.0 Å². The van der Waals surface area contributed by atoms with Crippen LogP contribution in [0.4, 0.5) is 11.4 Å². The minimum atomic E-state index is -3.75. The average Bonchev–Trinajstić information content (AvgIpc) is 2.42. The number of halogens is 1. The quantitative estimate of drug-likeness (QED) is 0.890. The van der Waals surface area contributed by atoms with E-state index >= 15 is 0 Å². The molecule has 0 amide bonds. The van der Waals surface area contributed by atoms with Gasteiger partial charge in [-0.1, -0.05) is 11.6 Å². The molecule has 0 spiro atoms. The van der Waals surface area contributed by atoms with Crippen molar-refractivity contribution in [1.82, 2.24) is 4.98 Å². The lowest BCUT2D eigenvalue weighted by atomic mass is 10.3. The molecule has 5 nitrogen and oxygen atoms in total. The monoisotopic (exact) mass is 311 g/mol. The summed E-state index contributed by atoms with van der Waals surface area (Å²) in [7, 11) is -3.75. The Labute approximate surface area is 123 Å². The van der Waals surface area contributed by atoms with E-state index < -0.39 is 10.0 Å². The topological polar surface area (TPSA) is 71.1 Å². The Morgan fingerprint density at radius 1 is 1.20 bits per heavy atom. The van der Waals surface area contributed by atoms with Gasteiger partial charge in [0.05, 0.1) is 5.69 Å². The highest BCUT2D eigenvalue weighted by Crippen LogP contribution is 2.22. The standard InChI is InChI=1S/C13H14ClN3O2S/c1-2-15-12-4-3-9-16-13(12)20(18,19)17-11-7-5-10(14)6-8-11/h3-9,15,17H,2H2,1H3. The largest absolute Gasteiger partial charge is 0.383 e. The highest BCUT2D eigenvalue weighted by atomic mass is 35.5. The number of rotatable bonds is 5. The van der Waals surface area contributed by atoms with Crippen LogP contribution in [-0.2, 0) is 10.0 Å². The van der Waals surface area contributed by atoms with Crippen LogP contribution in [0.1, 0.15) is 6.92 Å². The maximum atomic E-state index is 12.3. The number of pyridine rings is 1. The summed E-state index contributed by atoms with van der Waals surface area (Å²) in [6.45, 7) is 2.49. The Balaban J connectivity index is 2.33. The van der Waals surface area contributed by atoms with Gasteiger partial charge in [0.2, 0.25) is 0 Å². The molecule has 0 bridgehead atoms. The highest BCUT2D eigenvalue weighted by Gasteiger charge is 2.19. The lowest BCUT2D eigenvalue weighted by molar-refractivity contribution is 0.598. The Morgan fingerprint density at radius 3 is 2.55 bits per heavy atom. The van der Waals surface area contributed by atoms with Crippen LogP contribution in [0.15, 0.2) is 47.6 Å². The third-order valence-corrected chi connectivity index (χ3v) is 4.08. The van der Waals surface area contributed by atoms with Crippen LogP contribution in [0, 0.1) is 0 Å². The van der Waals surface area contributed by atoms with Crippen LogP contribution >= 0.6 is 11.6 Å². The third-order valence-electron chi connectivity index (χ3n) is 2.49. The van der Waals surface area contributed by atoms with Crippen molar-refractivity contribution < 1.29 is 8.42 Å². The van der Waals surface area contributed by atoms with E-state index in [4.69, 9.17) is 11.6 Å². The molecule has 0 aliphatic rings. The van der Waals surface area contributed by atoms with E-state index in [9.17, 15) is 8.42 Å². The van der Waals surface area contributed by atoms with Crippen LogP contribution in [0.25, 0.3) is 0 Å². The zero-order valence-electron chi connectivity index (χ0n) is 10.8. The summed E-state index contributed by atoms with van der Waals surface area (Å²) in [5.41, 5.74) is 0.902. The molecule has 0 aliphatic carbocycles. The molecule has 1 aromatic heterocycles. The molecule has 0 unspecified atom stereocenters. The van der Waals surface area contributed by atoms with Gasteiger partial charge in [0.25, 0.3) is 10.0 Å². The van der Waals surface area contributed by atoms with Crippen molar-refractivity contribution in [3.8, 4) is 0 Å². The fourth-order valence-electron chi connectivity index (χ4n) is 1.65. The van der Waals surface area contributed by atoms with E-state index in [1.807, 2.05) is 6.92 Å². The van der Waals surface area contributed by atoms with E-state index in [1.54, 1.807) is 36.4 Å². The third kappa shape index (κ3) is 3.40. The molecule has 0 saturated carbocycles. The normalized spacial score (nSPS) is 11.1. The van der Waals surface area contributed by atoms with Gasteiger partial charge >= 0.3 is 0 Å². The van der Waals surface area contributed by atoms with Gasteiger partial charge in [-0.2, -0.15) is 8.42 Å². The zero-order chi connectivity index (χ0) is 14.6. The van der Waals surface area contributed by atoms with Gasteiger partial charge in [0.1, 0.15) is 0 Å². The number of hydrogen-bond donors (Lipinski definition) is 2. The van der Waals surface area contributed by atoms with E-state index in [-0.39, 0.29) is 5.03 Å². The molecular weight excluding hydrogens is 298 g/mol. The second-order valence-electron chi connectivity index (χ2n) is 4.00. The molecule has 0 radical (unpaired) electrons. The van der Waals surface area contributed by atoms with Crippen molar-refractivity contribution in [2.75, 3.05) is 16.6 Å². The molecule has 1 heterocycles. The summed E-state index contributed by atoms with van der Waals surface area (Å²) in [5.74, 6) is 0. The van der Waals surface area contributed by atoms with E-state index in [0.29, 0.717) is 22.9 Å². The molecule has 2 N–H and O–H groups in total. The Hall–Kier alpha value is -1.79. The molecule has 20 heavy (non-hydrogen) atoms. The van der Waals surface area contributed by atoms with Gasteiger partial charge in [-0.15, -0.1) is 0 Å². The Bertz CT molecular complexity index is 687. The van der Waals surface area contributed by atoms with Crippen LogP contribution in [-0.4, -0.2) is 19.9 Å². The van der Waals surface area contributed by atoms with Crippen molar-refractivity contribution in [3.05, 3.63) is 47.6 Å². The number of nitrogens with one attached hydrogen (secondary N) is 2. The molecule has 1 aromatic carbocycles. The fourth-order valence-corrected chi connectivity index (χ4v) is 2.95. The minimum Gasteiger partial charge on any atom is -0.383 e. The van der Waals surface area contributed by atoms with Gasteiger partial charge in [0.15, 0.2) is 5.03 Å². The summed E-state index contributed by atoms with van der Waals surface area (Å²) in [5, 5.41) is 3.48. The average molecular weight is 312 g/mol. The second kappa shape index (κ2) is 6.11. The molecule has 0 atom stereocenters. The minimum absolute atomic E-state index is 0.0307. The summed E-state index contributed by atoms with van der Waals surface area (Å²) in [6.07, 6.45) is 1.44. The molecule has 0 saturated heterocycles. The van der Waals surface area contributed by atoms with Crippen molar-refractivity contribution in [2.24, 2.45) is 0 Å². The summed E-state index contributed by atoms with van der Waals surface area (Å²) in [6, 6.07) is 9.77. The smallest absolute Gasteiger partial charge is 0.281 e. The molecule has 2 rings (SSSR count). The first-order valence-electron chi connectivity index (χ1n) is 6.00. The van der Waals surface area contributed by atoms with Gasteiger partial charge in [-0.25, -0.2) is 4.98 Å². The molecule has 106 valence electrons. The zero-order valence-corrected chi connectivity index (χ0v) is 12.4. The first-order chi connectivity index (χ1) is 9.53. The Morgan fingerprint density at radius 2 is 1.90 bits per heavy atom.